The smallest absolute Gasteiger partial charge is 0.233 e. The van der Waals surface area contributed by atoms with E-state index in [9.17, 15) is 9.59 Å². The average molecular weight is 283 g/mol. The Labute approximate surface area is 118 Å². The molecule has 0 radical (unpaired) electrons. The number of likely N-dealkylation sites (N-methyl/N-ethyl adjacent to an activating group) is 1. The van der Waals surface area contributed by atoms with Crippen molar-refractivity contribution in [1.82, 2.24) is 10.2 Å². The zero-order valence-corrected chi connectivity index (χ0v) is 12.1. The van der Waals surface area contributed by atoms with Gasteiger partial charge in [0.25, 0.3) is 0 Å². The Balaban J connectivity index is 2.00. The highest BCUT2D eigenvalue weighted by Crippen LogP contribution is 2.38. The molecule has 19 heavy (non-hydrogen) atoms. The summed E-state index contributed by atoms with van der Waals surface area (Å²) in [5.74, 6) is 0.0840. The van der Waals surface area contributed by atoms with E-state index < -0.39 is 5.41 Å². The van der Waals surface area contributed by atoms with Crippen LogP contribution in [0.15, 0.2) is 0 Å². The van der Waals surface area contributed by atoms with Crippen LogP contribution in [0.1, 0.15) is 38.5 Å². The van der Waals surface area contributed by atoms with E-state index in [4.69, 9.17) is 18.0 Å². The van der Waals surface area contributed by atoms with Gasteiger partial charge in [-0.15, -0.1) is 0 Å². The van der Waals surface area contributed by atoms with E-state index in [2.05, 4.69) is 5.32 Å². The van der Waals surface area contributed by atoms with Crippen molar-refractivity contribution in [3.8, 4) is 0 Å². The lowest BCUT2D eigenvalue weighted by atomic mass is 9.84. The molecule has 2 rings (SSSR count). The van der Waals surface area contributed by atoms with Gasteiger partial charge < -0.3 is 16.0 Å². The van der Waals surface area contributed by atoms with Crippen LogP contribution in [0, 0.1) is 5.41 Å². The molecule has 1 aliphatic heterocycles. The molecule has 2 fully saturated rings. The molecule has 1 aliphatic carbocycles. The Hall–Kier alpha value is -1.17. The van der Waals surface area contributed by atoms with E-state index >= 15 is 0 Å². The molecule has 6 heteroatoms. The Morgan fingerprint density at radius 2 is 2.11 bits per heavy atom. The fraction of sp³-hybridized carbons (Fsp3) is 0.769. The molecule has 0 aromatic heterocycles. The Bertz CT molecular complexity index is 405. The maximum Gasteiger partial charge on any atom is 0.233 e. The highest BCUT2D eigenvalue weighted by Gasteiger charge is 2.44. The van der Waals surface area contributed by atoms with Crippen molar-refractivity contribution in [3.63, 3.8) is 0 Å². The third kappa shape index (κ3) is 2.73. The van der Waals surface area contributed by atoms with Gasteiger partial charge in [-0.3, -0.25) is 9.59 Å². The second-order valence-corrected chi connectivity index (χ2v) is 6.08. The summed E-state index contributed by atoms with van der Waals surface area (Å²) in [5.41, 5.74) is 5.14. The molecular weight excluding hydrogens is 262 g/mol. The van der Waals surface area contributed by atoms with Gasteiger partial charge in [-0.2, -0.15) is 0 Å². The van der Waals surface area contributed by atoms with Crippen LogP contribution in [0.2, 0.25) is 0 Å². The van der Waals surface area contributed by atoms with Crippen molar-refractivity contribution in [2.24, 2.45) is 11.1 Å². The van der Waals surface area contributed by atoms with E-state index in [1.165, 1.54) is 0 Å². The van der Waals surface area contributed by atoms with Gasteiger partial charge >= 0.3 is 0 Å². The number of nitrogens with one attached hydrogen (secondary N) is 1. The summed E-state index contributed by atoms with van der Waals surface area (Å²) in [4.78, 5) is 25.9. The van der Waals surface area contributed by atoms with Crippen LogP contribution in [-0.4, -0.2) is 41.3 Å². The van der Waals surface area contributed by atoms with Gasteiger partial charge in [0, 0.05) is 26.1 Å². The van der Waals surface area contributed by atoms with Gasteiger partial charge in [-0.1, -0.05) is 25.1 Å². The molecule has 1 atom stereocenters. The number of thiocarbonyl (C=S) groups is 1. The van der Waals surface area contributed by atoms with Crippen molar-refractivity contribution >= 4 is 29.0 Å². The van der Waals surface area contributed by atoms with Gasteiger partial charge in [-0.25, -0.2) is 0 Å². The van der Waals surface area contributed by atoms with Gasteiger partial charge in [0.1, 0.15) is 0 Å². The number of rotatable bonds is 3. The van der Waals surface area contributed by atoms with Crippen molar-refractivity contribution in [3.05, 3.63) is 0 Å². The van der Waals surface area contributed by atoms with Gasteiger partial charge in [-0.05, 0) is 19.3 Å². The minimum absolute atomic E-state index is 0.0158. The van der Waals surface area contributed by atoms with Crippen LogP contribution < -0.4 is 11.1 Å². The van der Waals surface area contributed by atoms with Gasteiger partial charge in [0.15, 0.2) is 0 Å². The number of piperidine rings is 1. The van der Waals surface area contributed by atoms with E-state index in [-0.39, 0.29) is 17.9 Å². The predicted octanol–water partition coefficient (Wildman–Crippen LogP) is 0.570. The van der Waals surface area contributed by atoms with Crippen LogP contribution in [0.25, 0.3) is 0 Å². The van der Waals surface area contributed by atoms with E-state index in [0.29, 0.717) is 24.4 Å². The van der Waals surface area contributed by atoms with Crippen LogP contribution in [0.5, 0.6) is 0 Å². The van der Waals surface area contributed by atoms with Crippen LogP contribution in [0.3, 0.4) is 0 Å². The number of hydrogen-bond donors (Lipinski definition) is 2. The number of likely N-dealkylation sites (tertiary alicyclic amines) is 1. The Kier molecular flexibility index (Phi) is 4.08. The summed E-state index contributed by atoms with van der Waals surface area (Å²) in [5, 5.41) is 3.03. The first-order valence-corrected chi connectivity index (χ1v) is 7.21. The number of amides is 2. The lowest BCUT2D eigenvalue weighted by molar-refractivity contribution is -0.135. The molecule has 1 unspecified atom stereocenters. The van der Waals surface area contributed by atoms with Crippen LogP contribution in [0.4, 0.5) is 0 Å². The van der Waals surface area contributed by atoms with E-state index in [0.717, 1.165) is 25.7 Å². The standard InChI is InChI=1S/C13H21N3O2S/c1-16-8-9(4-5-10(16)17)15-12(18)13(11(14)19)6-2-3-7-13/h9H,2-8H2,1H3,(H2,14,19)(H,15,18). The number of hydrogen-bond acceptors (Lipinski definition) is 3. The molecule has 2 amide bonds. The first-order valence-electron chi connectivity index (χ1n) is 6.80. The molecule has 0 aromatic rings. The lowest BCUT2D eigenvalue weighted by Crippen LogP contribution is -2.54. The van der Waals surface area contributed by atoms with Crippen LogP contribution in [-0.2, 0) is 9.59 Å². The molecule has 1 saturated carbocycles. The van der Waals surface area contributed by atoms with Crippen molar-refractivity contribution in [2.45, 2.75) is 44.6 Å². The minimum atomic E-state index is -0.657. The summed E-state index contributed by atoms with van der Waals surface area (Å²) in [6, 6.07) is 0.0158. The summed E-state index contributed by atoms with van der Waals surface area (Å²) < 4.78 is 0. The second kappa shape index (κ2) is 5.45. The van der Waals surface area contributed by atoms with E-state index in [1.54, 1.807) is 11.9 Å². The minimum Gasteiger partial charge on any atom is -0.392 e. The first kappa shape index (κ1) is 14.2. The van der Waals surface area contributed by atoms with Crippen LogP contribution >= 0.6 is 12.2 Å². The Morgan fingerprint density at radius 1 is 1.47 bits per heavy atom. The average Bonchev–Trinajstić information content (AvgIpc) is 2.84. The molecule has 1 saturated heterocycles. The fourth-order valence-corrected chi connectivity index (χ4v) is 3.31. The van der Waals surface area contributed by atoms with Gasteiger partial charge in [0.05, 0.1) is 10.4 Å². The Morgan fingerprint density at radius 3 is 2.63 bits per heavy atom. The topological polar surface area (TPSA) is 75.4 Å². The maximum absolute atomic E-state index is 12.5. The molecule has 3 N–H and O–H groups in total. The SMILES string of the molecule is CN1CC(NC(=O)C2(C(N)=S)CCCC2)CCC1=O. The fourth-order valence-electron chi connectivity index (χ4n) is 3.02. The summed E-state index contributed by atoms with van der Waals surface area (Å²) in [7, 11) is 1.76. The van der Waals surface area contributed by atoms with Crippen molar-refractivity contribution in [2.75, 3.05) is 13.6 Å². The molecule has 1 heterocycles. The van der Waals surface area contributed by atoms with Gasteiger partial charge in [0.2, 0.25) is 11.8 Å². The lowest BCUT2D eigenvalue weighted by Gasteiger charge is -2.33. The highest BCUT2D eigenvalue weighted by atomic mass is 32.1. The zero-order chi connectivity index (χ0) is 14.0. The zero-order valence-electron chi connectivity index (χ0n) is 11.3. The molecule has 106 valence electrons. The monoisotopic (exact) mass is 283 g/mol. The first-order chi connectivity index (χ1) is 8.95. The number of nitrogens with zero attached hydrogens (tertiary/aromatic N) is 1. The second-order valence-electron chi connectivity index (χ2n) is 5.64. The largest absolute Gasteiger partial charge is 0.392 e. The summed E-state index contributed by atoms with van der Waals surface area (Å²) in [6.07, 6.45) is 4.66. The molecular formula is C13H21N3O2S. The highest BCUT2D eigenvalue weighted by molar-refractivity contribution is 7.80. The molecule has 2 aliphatic rings. The molecule has 0 bridgehead atoms. The quantitative estimate of drug-likeness (QED) is 0.743. The number of carbonyl (C=O) groups is 2. The van der Waals surface area contributed by atoms with Crippen molar-refractivity contribution < 1.29 is 9.59 Å². The van der Waals surface area contributed by atoms with Crippen molar-refractivity contribution in [1.29, 1.82) is 0 Å². The number of carbonyl (C=O) groups excluding carboxylic acids is 2. The maximum atomic E-state index is 12.5. The third-order valence-corrected chi connectivity index (χ3v) is 4.72. The molecule has 0 aromatic carbocycles. The number of nitrogens with two attached hydrogens (primary N) is 1. The molecule has 5 nitrogen and oxygen atoms in total. The van der Waals surface area contributed by atoms with E-state index in [1.807, 2.05) is 0 Å². The normalized spacial score (nSPS) is 26.3. The molecule has 0 spiro atoms. The summed E-state index contributed by atoms with van der Waals surface area (Å²) in [6.45, 7) is 0.567. The third-order valence-electron chi connectivity index (χ3n) is 4.33. The predicted molar refractivity (Wildman–Crippen MR) is 76.5 cm³/mol. The summed E-state index contributed by atoms with van der Waals surface area (Å²) >= 11 is 5.11.